The lowest BCUT2D eigenvalue weighted by Gasteiger charge is -2.20. The maximum absolute atomic E-state index is 6.21. The molecule has 1 atom stereocenters. The van der Waals surface area contributed by atoms with E-state index in [4.69, 9.17) is 23.2 Å². The molecule has 2 N–H and O–H groups in total. The van der Waals surface area contributed by atoms with Crippen molar-refractivity contribution in [2.24, 2.45) is 0 Å². The van der Waals surface area contributed by atoms with Crippen LogP contribution < -0.4 is 5.32 Å². The number of H-pyrrole nitrogens is 1. The number of rotatable bonds is 0. The van der Waals surface area contributed by atoms with E-state index in [9.17, 15) is 0 Å². The first-order chi connectivity index (χ1) is 7.68. The van der Waals surface area contributed by atoms with Gasteiger partial charge in [0.2, 0.25) is 0 Å². The Balaban J connectivity index is 2.37. The Morgan fingerprint density at radius 3 is 2.94 bits per heavy atom. The number of fused-ring (bicyclic) bond motifs is 3. The molecule has 3 rings (SSSR count). The summed E-state index contributed by atoms with van der Waals surface area (Å²) in [5.41, 5.74) is 3.58. The van der Waals surface area contributed by atoms with E-state index >= 15 is 0 Å². The zero-order chi connectivity index (χ0) is 11.3. The predicted molar refractivity (Wildman–Crippen MR) is 68.4 cm³/mol. The highest BCUT2D eigenvalue weighted by atomic mass is 35.5. The van der Waals surface area contributed by atoms with Crippen LogP contribution in [0.15, 0.2) is 12.1 Å². The Labute approximate surface area is 104 Å². The molecule has 1 aliphatic rings. The van der Waals surface area contributed by atoms with Crippen molar-refractivity contribution >= 4 is 34.1 Å². The van der Waals surface area contributed by atoms with E-state index in [-0.39, 0.29) is 0 Å². The van der Waals surface area contributed by atoms with Gasteiger partial charge in [-0.2, -0.15) is 0 Å². The Kier molecular flexibility index (Phi) is 2.39. The summed E-state index contributed by atoms with van der Waals surface area (Å²) in [4.78, 5) is 3.40. The van der Waals surface area contributed by atoms with Gasteiger partial charge in [-0.3, -0.25) is 0 Å². The zero-order valence-corrected chi connectivity index (χ0v) is 10.4. The van der Waals surface area contributed by atoms with E-state index in [2.05, 4.69) is 17.2 Å². The van der Waals surface area contributed by atoms with Gasteiger partial charge in [0.1, 0.15) is 0 Å². The van der Waals surface area contributed by atoms with Crippen molar-refractivity contribution in [3.63, 3.8) is 0 Å². The average molecular weight is 255 g/mol. The number of hydrogen-bond donors (Lipinski definition) is 2. The van der Waals surface area contributed by atoms with E-state index in [0.29, 0.717) is 16.1 Å². The third-order valence-corrected chi connectivity index (χ3v) is 4.05. The van der Waals surface area contributed by atoms with Gasteiger partial charge in [0.15, 0.2) is 0 Å². The van der Waals surface area contributed by atoms with Crippen LogP contribution in [0.3, 0.4) is 0 Å². The molecular weight excluding hydrogens is 243 g/mol. The molecule has 2 nitrogen and oxygen atoms in total. The molecule has 1 unspecified atom stereocenters. The van der Waals surface area contributed by atoms with Crippen molar-refractivity contribution in [2.75, 3.05) is 6.54 Å². The highest BCUT2D eigenvalue weighted by molar-refractivity contribution is 6.45. The third kappa shape index (κ3) is 1.37. The second kappa shape index (κ2) is 3.66. The van der Waals surface area contributed by atoms with E-state index in [1.807, 2.05) is 12.1 Å². The molecule has 0 spiro atoms. The number of benzene rings is 1. The fourth-order valence-corrected chi connectivity index (χ4v) is 2.86. The molecule has 0 saturated carbocycles. The largest absolute Gasteiger partial charge is 0.357 e. The highest BCUT2D eigenvalue weighted by Gasteiger charge is 2.22. The molecule has 0 bridgehead atoms. The summed E-state index contributed by atoms with van der Waals surface area (Å²) in [6.07, 6.45) is 1.02. The van der Waals surface area contributed by atoms with E-state index in [1.54, 1.807) is 0 Å². The van der Waals surface area contributed by atoms with Gasteiger partial charge < -0.3 is 10.3 Å². The summed E-state index contributed by atoms with van der Waals surface area (Å²) in [5.74, 6) is 0. The van der Waals surface area contributed by atoms with Crippen LogP contribution in [0.5, 0.6) is 0 Å². The Bertz CT molecular complexity index is 560. The monoisotopic (exact) mass is 254 g/mol. The standard InChI is InChI=1S/C12H12Cl2N2/c1-6-10-7-2-3-8(13)11(14)12(7)16-9(10)4-5-15-6/h2-3,6,15-16H,4-5H2,1H3. The Morgan fingerprint density at radius 1 is 1.31 bits per heavy atom. The van der Waals surface area contributed by atoms with Gasteiger partial charge in [-0.25, -0.2) is 0 Å². The molecule has 1 aromatic carbocycles. The number of nitrogens with one attached hydrogen (secondary N) is 2. The van der Waals surface area contributed by atoms with Crippen LogP contribution in [0.25, 0.3) is 10.9 Å². The van der Waals surface area contributed by atoms with Crippen molar-refractivity contribution in [1.29, 1.82) is 0 Å². The van der Waals surface area contributed by atoms with Gasteiger partial charge in [0.25, 0.3) is 0 Å². The second-order valence-electron chi connectivity index (χ2n) is 4.23. The number of aromatic nitrogens is 1. The number of hydrogen-bond acceptors (Lipinski definition) is 1. The number of halogens is 2. The maximum Gasteiger partial charge on any atom is 0.0833 e. The summed E-state index contributed by atoms with van der Waals surface area (Å²) in [6.45, 7) is 3.18. The minimum absolute atomic E-state index is 0.370. The van der Waals surface area contributed by atoms with Crippen LogP contribution in [0.2, 0.25) is 10.0 Å². The van der Waals surface area contributed by atoms with Crippen LogP contribution in [0, 0.1) is 0 Å². The van der Waals surface area contributed by atoms with Gasteiger partial charge >= 0.3 is 0 Å². The molecule has 0 saturated heterocycles. The summed E-state index contributed by atoms with van der Waals surface area (Å²) in [6, 6.07) is 4.28. The Hall–Kier alpha value is -0.700. The van der Waals surface area contributed by atoms with Crippen molar-refractivity contribution in [3.05, 3.63) is 33.4 Å². The first kappa shape index (κ1) is 10.5. The first-order valence-corrected chi connectivity index (χ1v) is 6.16. The third-order valence-electron chi connectivity index (χ3n) is 3.24. The lowest BCUT2D eigenvalue weighted by molar-refractivity contribution is 0.541. The molecule has 0 amide bonds. The summed E-state index contributed by atoms with van der Waals surface area (Å²) >= 11 is 12.2. The molecule has 1 aromatic heterocycles. The fourth-order valence-electron chi connectivity index (χ4n) is 2.49. The molecule has 0 fully saturated rings. The highest BCUT2D eigenvalue weighted by Crippen LogP contribution is 2.37. The molecular formula is C12H12Cl2N2. The number of aromatic amines is 1. The van der Waals surface area contributed by atoms with E-state index in [0.717, 1.165) is 18.5 Å². The SMILES string of the molecule is CC1NCCc2[nH]c3c(Cl)c(Cl)ccc3c21. The molecule has 0 radical (unpaired) electrons. The molecule has 0 aliphatic carbocycles. The van der Waals surface area contributed by atoms with Gasteiger partial charge in [-0.1, -0.05) is 29.3 Å². The van der Waals surface area contributed by atoms with Crippen LogP contribution in [-0.2, 0) is 6.42 Å². The van der Waals surface area contributed by atoms with E-state index < -0.39 is 0 Å². The zero-order valence-electron chi connectivity index (χ0n) is 8.90. The summed E-state index contributed by atoms with van der Waals surface area (Å²) in [5, 5.41) is 5.87. The Morgan fingerprint density at radius 2 is 2.12 bits per heavy atom. The predicted octanol–water partition coefficient (Wildman–Crippen LogP) is 3.68. The van der Waals surface area contributed by atoms with Crippen molar-refractivity contribution in [2.45, 2.75) is 19.4 Å². The smallest absolute Gasteiger partial charge is 0.0833 e. The summed E-state index contributed by atoms with van der Waals surface area (Å²) in [7, 11) is 0. The average Bonchev–Trinajstić information content (AvgIpc) is 2.64. The van der Waals surface area contributed by atoms with Gasteiger partial charge in [-0.15, -0.1) is 0 Å². The lowest BCUT2D eigenvalue weighted by Crippen LogP contribution is -2.27. The van der Waals surface area contributed by atoms with Crippen molar-refractivity contribution in [3.8, 4) is 0 Å². The van der Waals surface area contributed by atoms with E-state index in [1.165, 1.54) is 16.6 Å². The molecule has 2 heterocycles. The van der Waals surface area contributed by atoms with Crippen LogP contribution in [0.1, 0.15) is 24.2 Å². The molecule has 16 heavy (non-hydrogen) atoms. The van der Waals surface area contributed by atoms with Crippen LogP contribution >= 0.6 is 23.2 Å². The molecule has 1 aliphatic heterocycles. The topological polar surface area (TPSA) is 27.8 Å². The minimum atomic E-state index is 0.370. The van der Waals surface area contributed by atoms with Gasteiger partial charge in [-0.05, 0) is 18.6 Å². The van der Waals surface area contributed by atoms with Crippen LogP contribution in [-0.4, -0.2) is 11.5 Å². The minimum Gasteiger partial charge on any atom is -0.357 e. The normalized spacial score (nSPS) is 20.1. The molecule has 84 valence electrons. The fraction of sp³-hybridized carbons (Fsp3) is 0.333. The summed E-state index contributed by atoms with van der Waals surface area (Å²) < 4.78 is 0. The molecule has 4 heteroatoms. The van der Waals surface area contributed by atoms with Crippen molar-refractivity contribution < 1.29 is 0 Å². The van der Waals surface area contributed by atoms with Crippen molar-refractivity contribution in [1.82, 2.24) is 10.3 Å². The lowest BCUT2D eigenvalue weighted by atomic mass is 9.99. The first-order valence-electron chi connectivity index (χ1n) is 5.40. The quantitative estimate of drug-likeness (QED) is 0.738. The van der Waals surface area contributed by atoms with Crippen LogP contribution in [0.4, 0.5) is 0 Å². The molecule has 2 aromatic rings. The van der Waals surface area contributed by atoms with Gasteiger partial charge in [0, 0.05) is 30.1 Å². The van der Waals surface area contributed by atoms with Gasteiger partial charge in [0.05, 0.1) is 15.6 Å². The second-order valence-corrected chi connectivity index (χ2v) is 5.01. The maximum atomic E-state index is 6.21.